The molecule has 3 unspecified atom stereocenters. The zero-order chi connectivity index (χ0) is 28.3. The summed E-state index contributed by atoms with van der Waals surface area (Å²) in [7, 11) is 0. The highest BCUT2D eigenvalue weighted by Crippen LogP contribution is 2.36. The number of halogens is 2. The van der Waals surface area contributed by atoms with E-state index in [1.165, 1.54) is 6.92 Å². The van der Waals surface area contributed by atoms with Crippen molar-refractivity contribution in [1.29, 1.82) is 0 Å². The molecule has 2 amide bonds. The van der Waals surface area contributed by atoms with Crippen molar-refractivity contribution in [3.8, 4) is 0 Å². The number of rotatable bonds is 9. The van der Waals surface area contributed by atoms with E-state index >= 15 is 4.39 Å². The summed E-state index contributed by atoms with van der Waals surface area (Å²) in [6, 6.07) is 6.74. The summed E-state index contributed by atoms with van der Waals surface area (Å²) in [5.41, 5.74) is 1.86. The summed E-state index contributed by atoms with van der Waals surface area (Å²) >= 11 is 0. The minimum Gasteiger partial charge on any atom is -0.462 e. The van der Waals surface area contributed by atoms with Gasteiger partial charge in [-0.1, -0.05) is 44.2 Å². The maximum absolute atomic E-state index is 15.1. The smallest absolute Gasteiger partial charge is 0.333 e. The number of fused-ring (bicyclic) bond motifs is 1. The summed E-state index contributed by atoms with van der Waals surface area (Å²) < 4.78 is 39.1. The van der Waals surface area contributed by atoms with E-state index in [9.17, 15) is 23.6 Å². The van der Waals surface area contributed by atoms with Crippen LogP contribution in [0.1, 0.15) is 49.9 Å². The van der Waals surface area contributed by atoms with Crippen molar-refractivity contribution in [3.63, 3.8) is 0 Å². The SMILES string of the molecule is CC(=O)OCCOC(=O)C(c1ccc(F)cc1F)N1C(=O)C(C2Cc3ccccc3C2)NC(=O)C1CC(C)C. The Hall–Kier alpha value is -3.82. The molecule has 0 radical (unpaired) electrons. The number of hydrogen-bond acceptors (Lipinski definition) is 6. The number of carbonyl (C=O) groups is 4. The molecule has 0 saturated carbocycles. The average molecular weight is 543 g/mol. The number of esters is 2. The van der Waals surface area contributed by atoms with Gasteiger partial charge in [0.2, 0.25) is 11.8 Å². The van der Waals surface area contributed by atoms with E-state index in [-0.39, 0.29) is 37.0 Å². The Kier molecular flexibility index (Phi) is 8.62. The predicted octanol–water partition coefficient (Wildman–Crippen LogP) is 3.27. The maximum Gasteiger partial charge on any atom is 0.333 e. The van der Waals surface area contributed by atoms with Crippen LogP contribution < -0.4 is 5.32 Å². The number of carbonyl (C=O) groups excluding carboxylic acids is 4. The summed E-state index contributed by atoms with van der Waals surface area (Å²) in [6.07, 6.45) is 1.31. The van der Waals surface area contributed by atoms with E-state index in [2.05, 4.69) is 5.32 Å². The van der Waals surface area contributed by atoms with E-state index in [0.29, 0.717) is 18.9 Å². The lowest BCUT2D eigenvalue weighted by Gasteiger charge is -2.44. The van der Waals surface area contributed by atoms with Crippen LogP contribution >= 0.6 is 0 Å². The summed E-state index contributed by atoms with van der Waals surface area (Å²) in [6.45, 7) is 4.33. The zero-order valence-electron chi connectivity index (χ0n) is 22.1. The Morgan fingerprint density at radius 2 is 1.67 bits per heavy atom. The van der Waals surface area contributed by atoms with E-state index in [0.717, 1.165) is 28.2 Å². The molecule has 10 heteroatoms. The van der Waals surface area contributed by atoms with Crippen molar-refractivity contribution >= 4 is 23.8 Å². The largest absolute Gasteiger partial charge is 0.462 e. The molecule has 0 bridgehead atoms. The Bertz CT molecular complexity index is 1240. The first-order valence-corrected chi connectivity index (χ1v) is 13.0. The molecule has 2 aliphatic rings. The molecule has 208 valence electrons. The van der Waals surface area contributed by atoms with Crippen molar-refractivity contribution in [2.75, 3.05) is 13.2 Å². The van der Waals surface area contributed by atoms with Crippen LogP contribution in [0.25, 0.3) is 0 Å². The first kappa shape index (κ1) is 28.2. The lowest BCUT2D eigenvalue weighted by molar-refractivity contribution is -0.167. The zero-order valence-corrected chi connectivity index (χ0v) is 22.1. The molecular weight excluding hydrogens is 510 g/mol. The van der Waals surface area contributed by atoms with Gasteiger partial charge in [-0.25, -0.2) is 13.6 Å². The van der Waals surface area contributed by atoms with E-state index < -0.39 is 53.5 Å². The second kappa shape index (κ2) is 11.9. The van der Waals surface area contributed by atoms with Crippen LogP contribution in [0.3, 0.4) is 0 Å². The normalized spacial score (nSPS) is 20.0. The fraction of sp³-hybridized carbons (Fsp3) is 0.448. The van der Waals surface area contributed by atoms with Gasteiger partial charge in [0, 0.05) is 18.6 Å². The minimum atomic E-state index is -1.66. The van der Waals surface area contributed by atoms with Gasteiger partial charge in [-0.05, 0) is 48.3 Å². The first-order valence-electron chi connectivity index (χ1n) is 13.0. The van der Waals surface area contributed by atoms with Crippen molar-refractivity contribution in [1.82, 2.24) is 10.2 Å². The quantitative estimate of drug-likeness (QED) is 0.386. The molecule has 0 aromatic heterocycles. The third-order valence-electron chi connectivity index (χ3n) is 7.10. The van der Waals surface area contributed by atoms with Gasteiger partial charge in [0.15, 0.2) is 6.04 Å². The van der Waals surface area contributed by atoms with Crippen LogP contribution in [0.4, 0.5) is 8.78 Å². The molecule has 1 heterocycles. The van der Waals surface area contributed by atoms with Crippen LogP contribution in [0.5, 0.6) is 0 Å². The Balaban J connectivity index is 1.72. The van der Waals surface area contributed by atoms with Crippen LogP contribution in [0.2, 0.25) is 0 Å². The lowest BCUT2D eigenvalue weighted by atomic mass is 9.88. The van der Waals surface area contributed by atoms with Gasteiger partial charge < -0.3 is 19.7 Å². The molecule has 0 spiro atoms. The number of amides is 2. The monoisotopic (exact) mass is 542 g/mol. The van der Waals surface area contributed by atoms with Gasteiger partial charge >= 0.3 is 11.9 Å². The second-order valence-electron chi connectivity index (χ2n) is 10.4. The molecule has 1 aliphatic carbocycles. The number of benzene rings is 2. The summed E-state index contributed by atoms with van der Waals surface area (Å²) in [4.78, 5) is 53.3. The molecule has 2 aromatic rings. The average Bonchev–Trinajstić information content (AvgIpc) is 3.30. The first-order chi connectivity index (χ1) is 18.6. The molecule has 4 rings (SSSR count). The van der Waals surface area contributed by atoms with Gasteiger partial charge in [-0.2, -0.15) is 0 Å². The summed E-state index contributed by atoms with van der Waals surface area (Å²) in [5.74, 6) is -4.81. The summed E-state index contributed by atoms with van der Waals surface area (Å²) in [5, 5.41) is 2.87. The topological polar surface area (TPSA) is 102 Å². The standard InChI is InChI=1S/C29H32F2N2O6/c1-16(2)12-24-27(35)32-25(20-13-18-6-4-5-7-19(18)14-20)28(36)33(24)26(22-9-8-21(30)15-23(22)31)29(37)39-11-10-38-17(3)34/h4-9,15-16,20,24-26H,10-14H2,1-3H3,(H,32,35). The highest BCUT2D eigenvalue weighted by atomic mass is 19.1. The molecule has 1 fully saturated rings. The molecule has 3 atom stereocenters. The van der Waals surface area contributed by atoms with E-state index in [1.807, 2.05) is 38.1 Å². The molecular formula is C29H32F2N2O6. The van der Waals surface area contributed by atoms with Crippen LogP contribution in [0, 0.1) is 23.5 Å². The lowest BCUT2D eigenvalue weighted by Crippen LogP contribution is -2.67. The van der Waals surface area contributed by atoms with Crippen molar-refractivity contribution < 1.29 is 37.4 Å². The van der Waals surface area contributed by atoms with Gasteiger partial charge in [0.25, 0.3) is 0 Å². The number of ether oxygens (including phenoxy) is 2. The van der Waals surface area contributed by atoms with Gasteiger partial charge in [-0.15, -0.1) is 0 Å². The number of nitrogens with zero attached hydrogens (tertiary/aromatic N) is 1. The predicted molar refractivity (Wildman–Crippen MR) is 136 cm³/mol. The molecule has 2 aromatic carbocycles. The highest BCUT2D eigenvalue weighted by molar-refractivity contribution is 5.99. The van der Waals surface area contributed by atoms with E-state index in [1.54, 1.807) is 0 Å². The van der Waals surface area contributed by atoms with Gasteiger partial charge in [-0.3, -0.25) is 14.4 Å². The Morgan fingerprint density at radius 3 is 2.26 bits per heavy atom. The minimum absolute atomic E-state index is 0.0537. The molecule has 39 heavy (non-hydrogen) atoms. The molecule has 1 aliphatic heterocycles. The number of hydrogen-bond donors (Lipinski definition) is 1. The second-order valence-corrected chi connectivity index (χ2v) is 10.4. The van der Waals surface area contributed by atoms with Crippen molar-refractivity contribution in [2.45, 2.75) is 58.2 Å². The van der Waals surface area contributed by atoms with Gasteiger partial charge in [0.1, 0.15) is 36.9 Å². The molecule has 8 nitrogen and oxygen atoms in total. The number of nitrogens with one attached hydrogen (secondary N) is 1. The third kappa shape index (κ3) is 6.26. The van der Waals surface area contributed by atoms with Gasteiger partial charge in [0.05, 0.1) is 0 Å². The maximum atomic E-state index is 15.1. The van der Waals surface area contributed by atoms with Crippen molar-refractivity contribution in [2.24, 2.45) is 11.8 Å². The molecule has 1 N–H and O–H groups in total. The van der Waals surface area contributed by atoms with Crippen LogP contribution in [-0.2, 0) is 41.5 Å². The van der Waals surface area contributed by atoms with Crippen LogP contribution in [0.15, 0.2) is 42.5 Å². The Labute approximate surface area is 225 Å². The Morgan fingerprint density at radius 1 is 1.03 bits per heavy atom. The van der Waals surface area contributed by atoms with Crippen molar-refractivity contribution in [3.05, 3.63) is 70.8 Å². The fourth-order valence-electron chi connectivity index (χ4n) is 5.39. The number of piperazine rings is 1. The van der Waals surface area contributed by atoms with E-state index in [4.69, 9.17) is 9.47 Å². The fourth-order valence-corrected chi connectivity index (χ4v) is 5.39. The molecule has 1 saturated heterocycles. The third-order valence-corrected chi connectivity index (χ3v) is 7.10. The van der Waals surface area contributed by atoms with Crippen LogP contribution in [-0.4, -0.2) is 54.0 Å². The highest BCUT2D eigenvalue weighted by Gasteiger charge is 2.50.